The minimum atomic E-state index is -4.38. The maximum absolute atomic E-state index is 13.5. The van der Waals surface area contributed by atoms with Crippen LogP contribution in [0.2, 0.25) is 0 Å². The zero-order valence-corrected chi connectivity index (χ0v) is 26.9. The number of carbonyl (C=O) groups excluding carboxylic acids is 1. The average molecular weight is 643 g/mol. The number of piperazine rings is 1. The number of halogens is 3. The summed E-state index contributed by atoms with van der Waals surface area (Å²) in [5, 5.41) is 0. The van der Waals surface area contributed by atoms with Gasteiger partial charge in [0, 0.05) is 68.8 Å². The summed E-state index contributed by atoms with van der Waals surface area (Å²) in [5.41, 5.74) is 2.03. The molecule has 0 N–H and O–H groups in total. The summed E-state index contributed by atoms with van der Waals surface area (Å²) >= 11 is 1.52. The molecule has 2 aliphatic heterocycles. The number of alkyl halides is 3. The number of hydrogen-bond donors (Lipinski definition) is 0. The maximum Gasteiger partial charge on any atom is 0.416 e. The van der Waals surface area contributed by atoms with Gasteiger partial charge in [-0.2, -0.15) is 13.2 Å². The van der Waals surface area contributed by atoms with Crippen LogP contribution in [0.1, 0.15) is 18.9 Å². The molecule has 5 rings (SSSR count). The third kappa shape index (κ3) is 8.65. The molecule has 0 amide bonds. The molecule has 0 bridgehead atoms. The number of hydrogen-bond acceptors (Lipinski definition) is 8. The highest BCUT2D eigenvalue weighted by atomic mass is 32.2. The molecule has 0 aromatic heterocycles. The molecular weight excluding hydrogens is 601 g/mol. The second-order valence-corrected chi connectivity index (χ2v) is 12.8. The second kappa shape index (κ2) is 14.8. The first-order valence-electron chi connectivity index (χ1n) is 15.4. The molecule has 1 fully saturated rings. The number of nitrogens with zero attached hydrogens (tertiary/aromatic N) is 4. The number of benzene rings is 3. The van der Waals surface area contributed by atoms with Crippen molar-refractivity contribution >= 4 is 34.8 Å². The largest absolute Gasteiger partial charge is 0.493 e. The predicted octanol–water partition coefficient (Wildman–Crippen LogP) is 6.64. The van der Waals surface area contributed by atoms with Crippen molar-refractivity contribution in [3.8, 4) is 5.75 Å². The fourth-order valence-corrected chi connectivity index (χ4v) is 6.56. The molecule has 0 saturated carbocycles. The number of rotatable bonds is 12. The Balaban J connectivity index is 1.02. The van der Waals surface area contributed by atoms with E-state index in [1.54, 1.807) is 6.07 Å². The Morgan fingerprint density at radius 1 is 0.889 bits per heavy atom. The molecule has 1 atom stereocenters. The standard InChI is InChI=1S/C34H41F3N4O3S/c1-25(24-44-28-12-10-27(11-13-28)38(2)3)33(42)43-22-21-40-19-17-39(18-20-40)15-6-16-41-29-7-4-5-8-31(29)45-32-14-9-26(23-30(32)41)34(35,36)37/h4-5,7-14,23,25H,6,15-22,24H2,1-3H3. The first-order chi connectivity index (χ1) is 21.6. The minimum absolute atomic E-state index is 0.260. The summed E-state index contributed by atoms with van der Waals surface area (Å²) in [4.78, 5) is 23.1. The van der Waals surface area contributed by atoms with Gasteiger partial charge in [-0.15, -0.1) is 0 Å². The highest BCUT2D eigenvalue weighted by molar-refractivity contribution is 7.99. The molecule has 0 radical (unpaired) electrons. The lowest BCUT2D eigenvalue weighted by atomic mass is 10.1. The topological polar surface area (TPSA) is 48.5 Å². The molecule has 2 heterocycles. The van der Waals surface area contributed by atoms with Gasteiger partial charge >= 0.3 is 12.1 Å². The maximum atomic E-state index is 13.5. The summed E-state index contributed by atoms with van der Waals surface area (Å²) < 4.78 is 51.8. The van der Waals surface area contributed by atoms with E-state index >= 15 is 0 Å². The Labute approximate surface area is 267 Å². The number of para-hydroxylation sites is 1. The molecule has 0 spiro atoms. The minimum Gasteiger partial charge on any atom is -0.493 e. The van der Waals surface area contributed by atoms with Gasteiger partial charge in [-0.25, -0.2) is 0 Å². The van der Waals surface area contributed by atoms with Crippen molar-refractivity contribution in [3.63, 3.8) is 0 Å². The van der Waals surface area contributed by atoms with Crippen LogP contribution in [0.5, 0.6) is 5.75 Å². The van der Waals surface area contributed by atoms with Crippen LogP contribution in [0.3, 0.4) is 0 Å². The Morgan fingerprint density at radius 3 is 2.24 bits per heavy atom. The zero-order chi connectivity index (χ0) is 32.0. The van der Waals surface area contributed by atoms with E-state index in [1.165, 1.54) is 23.9 Å². The fourth-order valence-electron chi connectivity index (χ4n) is 5.48. The zero-order valence-electron chi connectivity index (χ0n) is 26.1. The number of anilines is 3. The molecule has 3 aromatic rings. The van der Waals surface area contributed by atoms with Gasteiger partial charge in [0.2, 0.25) is 0 Å². The van der Waals surface area contributed by atoms with Crippen molar-refractivity contribution < 1.29 is 27.4 Å². The average Bonchev–Trinajstić information content (AvgIpc) is 3.03. The van der Waals surface area contributed by atoms with E-state index in [4.69, 9.17) is 9.47 Å². The quantitative estimate of drug-likeness (QED) is 0.204. The Bertz CT molecular complexity index is 1430. The monoisotopic (exact) mass is 642 g/mol. The summed E-state index contributed by atoms with van der Waals surface area (Å²) in [7, 11) is 3.96. The summed E-state index contributed by atoms with van der Waals surface area (Å²) in [6, 6.07) is 19.7. The van der Waals surface area contributed by atoms with Crippen molar-refractivity contribution in [2.45, 2.75) is 29.3 Å². The molecule has 7 nitrogen and oxygen atoms in total. The van der Waals surface area contributed by atoms with Crippen LogP contribution in [-0.2, 0) is 15.7 Å². The molecule has 1 saturated heterocycles. The molecule has 11 heteroatoms. The van der Waals surface area contributed by atoms with Crippen LogP contribution in [0.15, 0.2) is 76.5 Å². The van der Waals surface area contributed by atoms with Crippen molar-refractivity contribution in [1.29, 1.82) is 0 Å². The lowest BCUT2D eigenvalue weighted by molar-refractivity contribution is -0.149. The number of carbonyl (C=O) groups is 1. The molecule has 0 aliphatic carbocycles. The predicted molar refractivity (Wildman–Crippen MR) is 173 cm³/mol. The SMILES string of the molecule is CC(COc1ccc(N(C)C)cc1)C(=O)OCCN1CCN(CCCN2c3ccccc3Sc3ccc(C(F)(F)F)cc32)CC1. The van der Waals surface area contributed by atoms with Crippen LogP contribution in [-0.4, -0.2) is 88.9 Å². The number of ether oxygens (including phenoxy) is 2. The van der Waals surface area contributed by atoms with Gasteiger partial charge in [-0.1, -0.05) is 23.9 Å². The molecule has 3 aromatic carbocycles. The van der Waals surface area contributed by atoms with Gasteiger partial charge in [0.25, 0.3) is 0 Å². The Hall–Kier alpha value is -3.41. The van der Waals surface area contributed by atoms with Crippen LogP contribution in [0.25, 0.3) is 0 Å². The van der Waals surface area contributed by atoms with E-state index in [-0.39, 0.29) is 18.5 Å². The molecule has 242 valence electrons. The van der Waals surface area contributed by atoms with E-state index in [0.717, 1.165) is 66.1 Å². The molecular formula is C34H41F3N4O3S. The van der Waals surface area contributed by atoms with Crippen molar-refractivity contribution in [2.24, 2.45) is 5.92 Å². The highest BCUT2D eigenvalue weighted by Gasteiger charge is 2.33. The summed E-state index contributed by atoms with van der Waals surface area (Å²) in [6.07, 6.45) is -3.56. The van der Waals surface area contributed by atoms with E-state index in [0.29, 0.717) is 25.4 Å². The lowest BCUT2D eigenvalue weighted by Gasteiger charge is -2.36. The Kier molecular flexibility index (Phi) is 10.8. The van der Waals surface area contributed by atoms with Gasteiger partial charge in [0.1, 0.15) is 19.0 Å². The summed E-state index contributed by atoms with van der Waals surface area (Å²) in [6.45, 7) is 8.12. The first-order valence-corrected chi connectivity index (χ1v) is 16.2. The van der Waals surface area contributed by atoms with Gasteiger partial charge in [0.15, 0.2) is 0 Å². The lowest BCUT2D eigenvalue weighted by Crippen LogP contribution is -2.47. The third-order valence-electron chi connectivity index (χ3n) is 8.18. The molecule has 2 aliphatic rings. The van der Waals surface area contributed by atoms with Crippen LogP contribution >= 0.6 is 11.8 Å². The fraction of sp³-hybridized carbons (Fsp3) is 0.441. The van der Waals surface area contributed by atoms with Gasteiger partial charge < -0.3 is 24.2 Å². The summed E-state index contributed by atoms with van der Waals surface area (Å²) in [5.74, 6) is 0.0892. The van der Waals surface area contributed by atoms with E-state index < -0.39 is 11.7 Å². The van der Waals surface area contributed by atoms with Gasteiger partial charge in [-0.3, -0.25) is 9.69 Å². The van der Waals surface area contributed by atoms with Crippen LogP contribution in [0.4, 0.5) is 30.2 Å². The van der Waals surface area contributed by atoms with Gasteiger partial charge in [0.05, 0.1) is 22.9 Å². The second-order valence-electron chi connectivity index (χ2n) is 11.7. The Morgan fingerprint density at radius 2 is 1.56 bits per heavy atom. The van der Waals surface area contributed by atoms with E-state index in [9.17, 15) is 18.0 Å². The highest BCUT2D eigenvalue weighted by Crippen LogP contribution is 2.49. The van der Waals surface area contributed by atoms with E-state index in [2.05, 4.69) is 9.80 Å². The smallest absolute Gasteiger partial charge is 0.416 e. The first kappa shape index (κ1) is 33.0. The van der Waals surface area contributed by atoms with Gasteiger partial charge in [-0.05, 0) is 74.5 Å². The van der Waals surface area contributed by atoms with Crippen molar-refractivity contribution in [3.05, 3.63) is 72.3 Å². The van der Waals surface area contributed by atoms with Crippen LogP contribution in [0, 0.1) is 5.92 Å². The van der Waals surface area contributed by atoms with Crippen LogP contribution < -0.4 is 14.5 Å². The number of fused-ring (bicyclic) bond motifs is 2. The van der Waals surface area contributed by atoms with Crippen molar-refractivity contribution in [2.75, 3.05) is 82.9 Å². The number of esters is 1. The van der Waals surface area contributed by atoms with E-state index in [1.807, 2.05) is 79.3 Å². The normalized spacial score (nSPS) is 16.1. The van der Waals surface area contributed by atoms with Crippen molar-refractivity contribution in [1.82, 2.24) is 9.80 Å². The molecule has 1 unspecified atom stereocenters. The molecule has 45 heavy (non-hydrogen) atoms. The third-order valence-corrected chi connectivity index (χ3v) is 9.31.